The Bertz CT molecular complexity index is 437. The Kier molecular flexibility index (Phi) is 6.23. The SMILES string of the molecule is CCCNC(Cc1c(Br)c(C)nn1C)C(C)(C)N(C)C. The molecule has 1 rings (SSSR count). The quantitative estimate of drug-likeness (QED) is 0.825. The highest BCUT2D eigenvalue weighted by Crippen LogP contribution is 2.25. The van der Waals surface area contributed by atoms with E-state index in [-0.39, 0.29) is 5.54 Å². The van der Waals surface area contributed by atoms with E-state index in [1.807, 2.05) is 18.7 Å². The molecule has 0 bridgehead atoms. The van der Waals surface area contributed by atoms with Crippen molar-refractivity contribution in [1.29, 1.82) is 0 Å². The van der Waals surface area contributed by atoms with Crippen molar-refractivity contribution in [3.8, 4) is 0 Å². The van der Waals surface area contributed by atoms with E-state index in [0.717, 1.165) is 29.6 Å². The molecule has 0 aliphatic carbocycles. The van der Waals surface area contributed by atoms with E-state index in [1.165, 1.54) is 5.69 Å². The van der Waals surface area contributed by atoms with Gasteiger partial charge in [0.25, 0.3) is 0 Å². The van der Waals surface area contributed by atoms with Gasteiger partial charge in [-0.2, -0.15) is 5.10 Å². The molecule has 1 unspecified atom stereocenters. The molecule has 0 aliphatic rings. The van der Waals surface area contributed by atoms with E-state index in [1.54, 1.807) is 0 Å². The van der Waals surface area contributed by atoms with Crippen LogP contribution in [-0.2, 0) is 13.5 Å². The number of aryl methyl sites for hydroxylation is 2. The summed E-state index contributed by atoms with van der Waals surface area (Å²) >= 11 is 3.68. The third kappa shape index (κ3) is 3.83. The molecular formula is C15H29BrN4. The van der Waals surface area contributed by atoms with Crippen LogP contribution >= 0.6 is 15.9 Å². The second-order valence-electron chi connectivity index (χ2n) is 6.23. The van der Waals surface area contributed by atoms with Crippen molar-refractivity contribution in [2.75, 3.05) is 20.6 Å². The Hall–Kier alpha value is -0.390. The van der Waals surface area contributed by atoms with Gasteiger partial charge in [0, 0.05) is 25.0 Å². The van der Waals surface area contributed by atoms with Crippen LogP contribution in [0.15, 0.2) is 4.47 Å². The molecular weight excluding hydrogens is 316 g/mol. The van der Waals surface area contributed by atoms with Crippen molar-refractivity contribution >= 4 is 15.9 Å². The van der Waals surface area contributed by atoms with Crippen LogP contribution < -0.4 is 5.32 Å². The van der Waals surface area contributed by atoms with Gasteiger partial charge in [0.15, 0.2) is 0 Å². The molecule has 0 radical (unpaired) electrons. The number of nitrogens with zero attached hydrogens (tertiary/aromatic N) is 3. The van der Waals surface area contributed by atoms with E-state index >= 15 is 0 Å². The van der Waals surface area contributed by atoms with Crippen LogP contribution in [0.25, 0.3) is 0 Å². The molecule has 0 amide bonds. The van der Waals surface area contributed by atoms with Gasteiger partial charge in [0.2, 0.25) is 0 Å². The normalized spacial score (nSPS) is 14.1. The highest BCUT2D eigenvalue weighted by atomic mass is 79.9. The lowest BCUT2D eigenvalue weighted by molar-refractivity contribution is 0.136. The fourth-order valence-corrected chi connectivity index (χ4v) is 2.79. The summed E-state index contributed by atoms with van der Waals surface area (Å²) in [6.07, 6.45) is 2.11. The largest absolute Gasteiger partial charge is 0.312 e. The third-order valence-electron chi connectivity index (χ3n) is 4.31. The first-order chi connectivity index (χ1) is 9.21. The Balaban J connectivity index is 3.00. The van der Waals surface area contributed by atoms with Crippen LogP contribution in [0.5, 0.6) is 0 Å². The monoisotopic (exact) mass is 344 g/mol. The summed E-state index contributed by atoms with van der Waals surface area (Å²) in [5.41, 5.74) is 2.39. The summed E-state index contributed by atoms with van der Waals surface area (Å²) < 4.78 is 3.13. The molecule has 0 aromatic carbocycles. The number of halogens is 1. The zero-order valence-corrected chi connectivity index (χ0v) is 15.5. The smallest absolute Gasteiger partial charge is 0.0738 e. The minimum Gasteiger partial charge on any atom is -0.312 e. The first-order valence-electron chi connectivity index (χ1n) is 7.30. The zero-order chi connectivity index (χ0) is 15.5. The van der Waals surface area contributed by atoms with Crippen molar-refractivity contribution in [3.05, 3.63) is 15.9 Å². The number of hydrogen-bond acceptors (Lipinski definition) is 3. The molecule has 1 N–H and O–H groups in total. The van der Waals surface area contributed by atoms with Crippen molar-refractivity contribution in [2.24, 2.45) is 7.05 Å². The molecule has 1 heterocycles. The predicted molar refractivity (Wildman–Crippen MR) is 89.2 cm³/mol. The lowest BCUT2D eigenvalue weighted by Crippen LogP contribution is -2.56. The fourth-order valence-electron chi connectivity index (χ4n) is 2.30. The molecule has 0 spiro atoms. The molecule has 0 aliphatic heterocycles. The number of aromatic nitrogens is 2. The van der Waals surface area contributed by atoms with Gasteiger partial charge in [0.1, 0.15) is 0 Å². The highest BCUT2D eigenvalue weighted by Gasteiger charge is 2.32. The van der Waals surface area contributed by atoms with Crippen LogP contribution in [0, 0.1) is 6.92 Å². The molecule has 0 saturated carbocycles. The zero-order valence-electron chi connectivity index (χ0n) is 13.9. The van der Waals surface area contributed by atoms with Gasteiger partial charge in [-0.25, -0.2) is 0 Å². The molecule has 1 aromatic rings. The highest BCUT2D eigenvalue weighted by molar-refractivity contribution is 9.10. The average molecular weight is 345 g/mol. The van der Waals surface area contributed by atoms with E-state index < -0.39 is 0 Å². The number of rotatable bonds is 7. The second kappa shape index (κ2) is 7.05. The van der Waals surface area contributed by atoms with Gasteiger partial charge in [-0.1, -0.05) is 6.92 Å². The maximum Gasteiger partial charge on any atom is 0.0738 e. The molecule has 1 aromatic heterocycles. The van der Waals surface area contributed by atoms with Gasteiger partial charge >= 0.3 is 0 Å². The number of nitrogens with one attached hydrogen (secondary N) is 1. The van der Waals surface area contributed by atoms with E-state index in [0.29, 0.717) is 6.04 Å². The lowest BCUT2D eigenvalue weighted by atomic mass is 9.89. The summed E-state index contributed by atoms with van der Waals surface area (Å²) in [6, 6.07) is 0.378. The summed E-state index contributed by atoms with van der Waals surface area (Å²) in [5, 5.41) is 8.20. The first kappa shape index (κ1) is 17.7. The molecule has 20 heavy (non-hydrogen) atoms. The van der Waals surface area contributed by atoms with Gasteiger partial charge in [-0.05, 0) is 63.8 Å². The fraction of sp³-hybridized carbons (Fsp3) is 0.800. The van der Waals surface area contributed by atoms with Gasteiger partial charge in [0.05, 0.1) is 15.9 Å². The van der Waals surface area contributed by atoms with Crippen molar-refractivity contribution in [2.45, 2.75) is 52.1 Å². The third-order valence-corrected chi connectivity index (χ3v) is 5.34. The Morgan fingerprint density at radius 1 is 1.40 bits per heavy atom. The standard InChI is InChI=1S/C15H29BrN4/c1-8-9-17-13(15(3,4)19(5)6)10-12-14(16)11(2)18-20(12)7/h13,17H,8-10H2,1-7H3. The van der Waals surface area contributed by atoms with Crippen molar-refractivity contribution < 1.29 is 0 Å². The molecule has 4 nitrogen and oxygen atoms in total. The molecule has 1 atom stereocenters. The first-order valence-corrected chi connectivity index (χ1v) is 8.09. The minimum atomic E-state index is 0.0762. The lowest BCUT2D eigenvalue weighted by Gasteiger charge is -2.41. The van der Waals surface area contributed by atoms with Crippen LogP contribution in [0.3, 0.4) is 0 Å². The van der Waals surface area contributed by atoms with E-state index in [4.69, 9.17) is 0 Å². The van der Waals surface area contributed by atoms with Crippen LogP contribution in [-0.4, -0.2) is 46.9 Å². The summed E-state index contributed by atoms with van der Waals surface area (Å²) in [7, 11) is 6.31. The number of hydrogen-bond donors (Lipinski definition) is 1. The summed E-state index contributed by atoms with van der Waals surface area (Å²) in [4.78, 5) is 2.29. The van der Waals surface area contributed by atoms with Gasteiger partial charge in [-0.3, -0.25) is 4.68 Å². The molecule has 116 valence electrons. The van der Waals surface area contributed by atoms with Crippen LogP contribution in [0.4, 0.5) is 0 Å². The summed E-state index contributed by atoms with van der Waals surface area (Å²) in [5.74, 6) is 0. The van der Waals surface area contributed by atoms with Crippen molar-refractivity contribution in [1.82, 2.24) is 20.0 Å². The maximum absolute atomic E-state index is 4.50. The van der Waals surface area contributed by atoms with Gasteiger partial charge < -0.3 is 10.2 Å². The Morgan fingerprint density at radius 2 is 2.00 bits per heavy atom. The Labute approximate surface area is 132 Å². The van der Waals surface area contributed by atoms with E-state index in [9.17, 15) is 0 Å². The van der Waals surface area contributed by atoms with Gasteiger partial charge in [-0.15, -0.1) is 0 Å². The van der Waals surface area contributed by atoms with Crippen LogP contribution in [0.2, 0.25) is 0 Å². The Morgan fingerprint density at radius 3 is 2.40 bits per heavy atom. The molecule has 5 heteroatoms. The molecule has 0 fully saturated rings. The minimum absolute atomic E-state index is 0.0762. The molecule has 0 saturated heterocycles. The summed E-state index contributed by atoms with van der Waals surface area (Å²) in [6.45, 7) is 9.86. The maximum atomic E-state index is 4.50. The average Bonchev–Trinajstić information content (AvgIpc) is 2.59. The predicted octanol–water partition coefficient (Wildman–Crippen LogP) is 2.74. The number of likely N-dealkylation sites (N-methyl/N-ethyl adjacent to an activating group) is 1. The second-order valence-corrected chi connectivity index (χ2v) is 7.02. The van der Waals surface area contributed by atoms with Crippen molar-refractivity contribution in [3.63, 3.8) is 0 Å². The van der Waals surface area contributed by atoms with E-state index in [2.05, 4.69) is 66.1 Å². The van der Waals surface area contributed by atoms with Crippen LogP contribution in [0.1, 0.15) is 38.6 Å². The topological polar surface area (TPSA) is 33.1 Å².